The van der Waals surface area contributed by atoms with E-state index in [0.717, 1.165) is 5.39 Å². The van der Waals surface area contributed by atoms with E-state index in [0.29, 0.717) is 5.75 Å². The minimum atomic E-state index is 0.253. The second kappa shape index (κ2) is 2.11. The number of fused-ring (bicyclic) bond motifs is 1. The third-order valence-electron chi connectivity index (χ3n) is 1.34. The van der Waals surface area contributed by atoms with Crippen LogP contribution in [0.25, 0.3) is 9.65 Å². The fourth-order valence-corrected chi connectivity index (χ4v) is 2.17. The second-order valence-corrected chi connectivity index (χ2v) is 3.80. The maximum atomic E-state index is 9.04. The molecule has 0 aliphatic rings. The summed E-state index contributed by atoms with van der Waals surface area (Å²) in [6.07, 6.45) is 1.81. The van der Waals surface area contributed by atoms with Gasteiger partial charge in [-0.25, -0.2) is 0 Å². The number of aromatic hydroxyl groups is 1. The Bertz CT molecular complexity index is 355. The molecule has 1 aromatic heterocycles. The Morgan fingerprint density at radius 3 is 3.20 bits per heavy atom. The van der Waals surface area contributed by atoms with E-state index < -0.39 is 0 Å². The third kappa shape index (κ3) is 0.838. The Morgan fingerprint density at radius 2 is 2.30 bits per heavy atom. The standard InChI is InChI=1S/C7H5NOSe/c9-6-1-2-7-5(3-6)4-8-10-7/h1-4,9H. The van der Waals surface area contributed by atoms with Crippen molar-refractivity contribution in [3.05, 3.63) is 24.4 Å². The van der Waals surface area contributed by atoms with Gasteiger partial charge in [0.2, 0.25) is 0 Å². The number of nitrogens with zero attached hydrogens (tertiary/aromatic N) is 1. The molecule has 2 rings (SSSR count). The van der Waals surface area contributed by atoms with E-state index in [2.05, 4.69) is 3.98 Å². The molecule has 3 heteroatoms. The van der Waals surface area contributed by atoms with Crippen LogP contribution >= 0.6 is 0 Å². The number of hydrogen-bond donors (Lipinski definition) is 1. The topological polar surface area (TPSA) is 33.1 Å². The molecule has 0 spiro atoms. The van der Waals surface area contributed by atoms with Gasteiger partial charge in [-0.2, -0.15) is 0 Å². The number of aromatic nitrogens is 1. The first-order valence-corrected chi connectivity index (χ1v) is 4.52. The van der Waals surface area contributed by atoms with Gasteiger partial charge in [0.15, 0.2) is 0 Å². The van der Waals surface area contributed by atoms with Crippen LogP contribution in [0.4, 0.5) is 0 Å². The van der Waals surface area contributed by atoms with Crippen LogP contribution in [0.2, 0.25) is 0 Å². The zero-order valence-electron chi connectivity index (χ0n) is 5.11. The first-order valence-electron chi connectivity index (χ1n) is 2.90. The van der Waals surface area contributed by atoms with Gasteiger partial charge in [-0.1, -0.05) is 0 Å². The van der Waals surface area contributed by atoms with Crippen LogP contribution in [0, 0.1) is 0 Å². The molecule has 0 aliphatic carbocycles. The molecule has 1 aromatic carbocycles. The van der Waals surface area contributed by atoms with Gasteiger partial charge in [0.05, 0.1) is 0 Å². The number of phenolic OH excluding ortho intramolecular Hbond substituents is 1. The third-order valence-corrected chi connectivity index (χ3v) is 2.97. The summed E-state index contributed by atoms with van der Waals surface area (Å²) < 4.78 is 5.37. The van der Waals surface area contributed by atoms with E-state index in [1.54, 1.807) is 12.1 Å². The molecular formula is C7H5NOSe. The normalized spacial score (nSPS) is 10.4. The van der Waals surface area contributed by atoms with Crippen molar-refractivity contribution in [2.45, 2.75) is 0 Å². The summed E-state index contributed by atoms with van der Waals surface area (Å²) in [4.78, 5) is 0. The first kappa shape index (κ1) is 5.95. The quantitative estimate of drug-likeness (QED) is 0.640. The van der Waals surface area contributed by atoms with Crippen molar-refractivity contribution in [1.29, 1.82) is 0 Å². The minimum absolute atomic E-state index is 0.253. The molecule has 0 amide bonds. The molecule has 50 valence electrons. The molecule has 2 nitrogen and oxygen atoms in total. The molecule has 10 heavy (non-hydrogen) atoms. The molecule has 0 fully saturated rings. The monoisotopic (exact) mass is 199 g/mol. The summed E-state index contributed by atoms with van der Waals surface area (Å²) in [7, 11) is 0. The first-order chi connectivity index (χ1) is 4.86. The molecule has 1 N–H and O–H groups in total. The average Bonchev–Trinajstić information content (AvgIpc) is 2.33. The molecule has 0 radical (unpaired) electrons. The van der Waals surface area contributed by atoms with E-state index in [4.69, 9.17) is 5.11 Å². The van der Waals surface area contributed by atoms with Crippen LogP contribution in [-0.4, -0.2) is 23.8 Å². The van der Waals surface area contributed by atoms with Crippen LogP contribution in [0.1, 0.15) is 0 Å². The van der Waals surface area contributed by atoms with Crippen LogP contribution in [0.3, 0.4) is 0 Å². The van der Waals surface area contributed by atoms with Gasteiger partial charge in [0, 0.05) is 0 Å². The summed E-state index contributed by atoms with van der Waals surface area (Å²) >= 11 is 0.253. The Hall–Kier alpha value is -0.791. The molecule has 0 bridgehead atoms. The van der Waals surface area contributed by atoms with Gasteiger partial charge in [-0.15, -0.1) is 0 Å². The van der Waals surface area contributed by atoms with Crippen LogP contribution in [0.15, 0.2) is 24.4 Å². The predicted octanol–water partition coefficient (Wildman–Crippen LogP) is 0.997. The fraction of sp³-hybridized carbons (Fsp3) is 0. The zero-order valence-corrected chi connectivity index (χ0v) is 6.83. The molecule has 1 heterocycles. The molecule has 2 aromatic rings. The van der Waals surface area contributed by atoms with Crippen molar-refractivity contribution in [3.8, 4) is 5.75 Å². The number of hydrogen-bond acceptors (Lipinski definition) is 2. The summed E-state index contributed by atoms with van der Waals surface area (Å²) in [5, 5.41) is 10.1. The Balaban J connectivity index is 2.86. The maximum absolute atomic E-state index is 9.04. The van der Waals surface area contributed by atoms with Crippen molar-refractivity contribution >= 4 is 24.4 Å². The van der Waals surface area contributed by atoms with Gasteiger partial charge in [0.1, 0.15) is 0 Å². The predicted molar refractivity (Wildman–Crippen MR) is 40.3 cm³/mol. The molecule has 0 atom stereocenters. The Kier molecular flexibility index (Phi) is 1.26. The van der Waals surface area contributed by atoms with Gasteiger partial charge < -0.3 is 0 Å². The number of rotatable bonds is 0. The van der Waals surface area contributed by atoms with Crippen molar-refractivity contribution in [3.63, 3.8) is 0 Å². The van der Waals surface area contributed by atoms with Crippen molar-refractivity contribution < 1.29 is 5.11 Å². The SMILES string of the molecule is Oc1ccc2[se]ncc2c1. The number of benzene rings is 1. The van der Waals surface area contributed by atoms with E-state index >= 15 is 0 Å². The fourth-order valence-electron chi connectivity index (χ4n) is 0.860. The van der Waals surface area contributed by atoms with E-state index in [1.807, 2.05) is 12.3 Å². The summed E-state index contributed by atoms with van der Waals surface area (Å²) in [6, 6.07) is 5.38. The molecular weight excluding hydrogens is 193 g/mol. The Morgan fingerprint density at radius 1 is 1.40 bits per heavy atom. The summed E-state index contributed by atoms with van der Waals surface area (Å²) in [5.41, 5.74) is 0. The van der Waals surface area contributed by atoms with Gasteiger partial charge >= 0.3 is 63.6 Å². The molecule has 0 saturated carbocycles. The van der Waals surface area contributed by atoms with E-state index in [9.17, 15) is 0 Å². The molecule has 0 unspecified atom stereocenters. The molecule has 0 saturated heterocycles. The van der Waals surface area contributed by atoms with Gasteiger partial charge in [-0.05, 0) is 0 Å². The van der Waals surface area contributed by atoms with Gasteiger partial charge in [0.25, 0.3) is 0 Å². The van der Waals surface area contributed by atoms with Crippen molar-refractivity contribution in [1.82, 2.24) is 3.98 Å². The zero-order chi connectivity index (χ0) is 6.97. The molecule has 0 aliphatic heterocycles. The second-order valence-electron chi connectivity index (χ2n) is 2.05. The van der Waals surface area contributed by atoms with Crippen LogP contribution < -0.4 is 0 Å². The van der Waals surface area contributed by atoms with Crippen molar-refractivity contribution in [2.24, 2.45) is 0 Å². The average molecular weight is 198 g/mol. The Labute approximate surface area is 64.1 Å². The van der Waals surface area contributed by atoms with Crippen LogP contribution in [0.5, 0.6) is 5.75 Å². The van der Waals surface area contributed by atoms with Gasteiger partial charge in [-0.3, -0.25) is 0 Å². The number of phenols is 1. The summed E-state index contributed by atoms with van der Waals surface area (Å²) in [5.74, 6) is 0.322. The van der Waals surface area contributed by atoms with Crippen molar-refractivity contribution in [2.75, 3.05) is 0 Å². The summed E-state index contributed by atoms with van der Waals surface area (Å²) in [6.45, 7) is 0. The van der Waals surface area contributed by atoms with E-state index in [1.165, 1.54) is 4.26 Å². The van der Waals surface area contributed by atoms with E-state index in [-0.39, 0.29) is 14.7 Å². The van der Waals surface area contributed by atoms with Crippen LogP contribution in [-0.2, 0) is 0 Å².